The van der Waals surface area contributed by atoms with Crippen molar-refractivity contribution in [3.05, 3.63) is 28.2 Å². The topological polar surface area (TPSA) is 60.2 Å². The lowest BCUT2D eigenvalue weighted by Gasteiger charge is -2.26. The summed E-state index contributed by atoms with van der Waals surface area (Å²) in [6.45, 7) is 9.53. The van der Waals surface area contributed by atoms with Gasteiger partial charge in [0.2, 0.25) is 0 Å². The molecule has 1 aromatic heterocycles. The van der Waals surface area contributed by atoms with E-state index in [-0.39, 0.29) is 29.1 Å². The number of Topliss-reactive ketones (excluding diaryl/α,β-unsaturated/α-hetero) is 2. The number of rotatable bonds is 2. The average molecular weight is 261 g/mol. The number of hydrogen-bond acceptors (Lipinski definition) is 4. The summed E-state index contributed by atoms with van der Waals surface area (Å²) in [7, 11) is 0. The molecule has 2 unspecified atom stereocenters. The van der Waals surface area contributed by atoms with Gasteiger partial charge >= 0.3 is 0 Å². The first-order valence-corrected chi connectivity index (χ1v) is 6.52. The minimum absolute atomic E-state index is 0.0125. The molecule has 19 heavy (non-hydrogen) atoms. The van der Waals surface area contributed by atoms with Crippen molar-refractivity contribution in [1.82, 2.24) is 5.16 Å². The maximum atomic E-state index is 12.5. The summed E-state index contributed by atoms with van der Waals surface area (Å²) in [5, 5.41) is 3.73. The third-order valence-corrected chi connectivity index (χ3v) is 4.08. The lowest BCUT2D eigenvalue weighted by Crippen LogP contribution is -2.35. The SMILES string of the molecule is CC(C)=C(C)CC1C(=O)c2c(noc2C)C(=O)C1C. The number of hydrogen-bond donors (Lipinski definition) is 0. The molecule has 0 saturated carbocycles. The predicted octanol–water partition coefficient (Wildman–Crippen LogP) is 3.36. The summed E-state index contributed by atoms with van der Waals surface area (Å²) in [5.74, 6) is -0.286. The van der Waals surface area contributed by atoms with Crippen LogP contribution < -0.4 is 0 Å². The van der Waals surface area contributed by atoms with Crippen molar-refractivity contribution in [3.8, 4) is 0 Å². The van der Waals surface area contributed by atoms with Gasteiger partial charge in [-0.25, -0.2) is 0 Å². The number of ketones is 2. The van der Waals surface area contributed by atoms with Crippen molar-refractivity contribution in [2.24, 2.45) is 11.8 Å². The first kappa shape index (κ1) is 13.7. The Balaban J connectivity index is 2.43. The molecule has 1 aliphatic carbocycles. The van der Waals surface area contributed by atoms with E-state index in [1.54, 1.807) is 13.8 Å². The highest BCUT2D eigenvalue weighted by molar-refractivity contribution is 6.15. The number of fused-ring (bicyclic) bond motifs is 1. The molecule has 102 valence electrons. The normalized spacial score (nSPS) is 22.4. The molecule has 0 aromatic carbocycles. The zero-order valence-electron chi connectivity index (χ0n) is 12.0. The van der Waals surface area contributed by atoms with E-state index in [9.17, 15) is 9.59 Å². The van der Waals surface area contributed by atoms with Gasteiger partial charge < -0.3 is 4.52 Å². The van der Waals surface area contributed by atoms with Crippen LogP contribution in [0.4, 0.5) is 0 Å². The van der Waals surface area contributed by atoms with E-state index in [1.807, 2.05) is 20.8 Å². The van der Waals surface area contributed by atoms with Crippen LogP contribution in [0.5, 0.6) is 0 Å². The molecule has 0 saturated heterocycles. The van der Waals surface area contributed by atoms with Crippen LogP contribution in [0.3, 0.4) is 0 Å². The smallest absolute Gasteiger partial charge is 0.189 e. The molecule has 0 aliphatic heterocycles. The van der Waals surface area contributed by atoms with Gasteiger partial charge in [-0.15, -0.1) is 0 Å². The van der Waals surface area contributed by atoms with E-state index < -0.39 is 0 Å². The van der Waals surface area contributed by atoms with Gasteiger partial charge in [0.25, 0.3) is 0 Å². The third kappa shape index (κ3) is 2.15. The zero-order valence-corrected chi connectivity index (χ0v) is 12.0. The van der Waals surface area contributed by atoms with Crippen molar-refractivity contribution in [2.45, 2.75) is 41.0 Å². The quantitative estimate of drug-likeness (QED) is 0.766. The van der Waals surface area contributed by atoms with E-state index in [0.29, 0.717) is 17.7 Å². The Labute approximate surface area is 112 Å². The van der Waals surface area contributed by atoms with Gasteiger partial charge in [-0.3, -0.25) is 9.59 Å². The first-order chi connectivity index (χ1) is 8.84. The van der Waals surface area contributed by atoms with E-state index in [1.165, 1.54) is 5.57 Å². The van der Waals surface area contributed by atoms with Crippen LogP contribution >= 0.6 is 0 Å². The molecule has 0 fully saturated rings. The summed E-state index contributed by atoms with van der Waals surface area (Å²) in [5.41, 5.74) is 2.95. The van der Waals surface area contributed by atoms with Crippen LogP contribution in [-0.4, -0.2) is 16.7 Å². The molecule has 1 heterocycles. The van der Waals surface area contributed by atoms with Crippen molar-refractivity contribution >= 4 is 11.6 Å². The summed E-state index contributed by atoms with van der Waals surface area (Å²) >= 11 is 0. The zero-order chi connectivity index (χ0) is 14.3. The van der Waals surface area contributed by atoms with Crippen molar-refractivity contribution in [2.75, 3.05) is 0 Å². The number of allylic oxidation sites excluding steroid dienone is 2. The van der Waals surface area contributed by atoms with Gasteiger partial charge in [-0.2, -0.15) is 0 Å². The minimum atomic E-state index is -0.334. The Morgan fingerprint density at radius 3 is 2.42 bits per heavy atom. The van der Waals surface area contributed by atoms with Crippen LogP contribution in [0.25, 0.3) is 0 Å². The monoisotopic (exact) mass is 261 g/mol. The lowest BCUT2D eigenvalue weighted by atomic mass is 9.74. The highest BCUT2D eigenvalue weighted by Gasteiger charge is 2.42. The Kier molecular flexibility index (Phi) is 3.43. The number of nitrogens with zero attached hydrogens (tertiary/aromatic N) is 1. The molecule has 0 N–H and O–H groups in total. The minimum Gasteiger partial charge on any atom is -0.360 e. The Bertz CT molecular complexity index is 576. The first-order valence-electron chi connectivity index (χ1n) is 6.52. The Morgan fingerprint density at radius 1 is 1.21 bits per heavy atom. The number of carbonyl (C=O) groups excluding carboxylic acids is 2. The molecule has 0 spiro atoms. The van der Waals surface area contributed by atoms with Crippen molar-refractivity contribution < 1.29 is 14.1 Å². The summed E-state index contributed by atoms with van der Waals surface area (Å²) in [6.07, 6.45) is 0.623. The predicted molar refractivity (Wildman–Crippen MR) is 71.2 cm³/mol. The fraction of sp³-hybridized carbons (Fsp3) is 0.533. The van der Waals surface area contributed by atoms with Crippen LogP contribution in [0, 0.1) is 18.8 Å². The van der Waals surface area contributed by atoms with E-state index >= 15 is 0 Å². The summed E-state index contributed by atoms with van der Waals surface area (Å²) < 4.78 is 5.00. The van der Waals surface area contributed by atoms with Gasteiger partial charge in [0.1, 0.15) is 5.76 Å². The molecule has 1 aromatic rings. The average Bonchev–Trinajstić information content (AvgIpc) is 2.73. The van der Waals surface area contributed by atoms with Gasteiger partial charge in [0, 0.05) is 11.8 Å². The lowest BCUT2D eigenvalue weighted by molar-refractivity contribution is 0.0743. The van der Waals surface area contributed by atoms with Gasteiger partial charge in [-0.1, -0.05) is 23.2 Å². The van der Waals surface area contributed by atoms with Crippen molar-refractivity contribution in [1.29, 1.82) is 0 Å². The fourth-order valence-corrected chi connectivity index (χ4v) is 2.44. The van der Waals surface area contributed by atoms with Crippen LogP contribution in [0.2, 0.25) is 0 Å². The molecule has 0 radical (unpaired) electrons. The number of carbonyl (C=O) groups is 2. The molecular weight excluding hydrogens is 242 g/mol. The Morgan fingerprint density at radius 2 is 1.84 bits per heavy atom. The summed E-state index contributed by atoms with van der Waals surface area (Å²) in [4.78, 5) is 24.8. The van der Waals surface area contributed by atoms with Crippen LogP contribution in [0.1, 0.15) is 60.7 Å². The largest absolute Gasteiger partial charge is 0.360 e. The highest BCUT2D eigenvalue weighted by Crippen LogP contribution is 2.35. The molecule has 1 aliphatic rings. The number of aryl methyl sites for hydroxylation is 1. The van der Waals surface area contributed by atoms with Gasteiger partial charge in [-0.05, 0) is 34.1 Å². The Hall–Kier alpha value is -1.71. The summed E-state index contributed by atoms with van der Waals surface area (Å²) in [6, 6.07) is 0. The molecule has 0 amide bonds. The second kappa shape index (κ2) is 4.76. The molecule has 4 heteroatoms. The van der Waals surface area contributed by atoms with Crippen LogP contribution in [0.15, 0.2) is 15.7 Å². The maximum absolute atomic E-state index is 12.5. The third-order valence-electron chi connectivity index (χ3n) is 4.08. The molecule has 0 bridgehead atoms. The van der Waals surface area contributed by atoms with E-state index in [0.717, 1.165) is 5.57 Å². The highest BCUT2D eigenvalue weighted by atomic mass is 16.5. The molecule has 2 rings (SSSR count). The standard InChI is InChI=1S/C15H19NO3/c1-7(2)8(3)6-11-9(4)14(17)13-12(15(11)18)10(5)19-16-13/h9,11H,6H2,1-5H3. The van der Waals surface area contributed by atoms with Gasteiger partial charge in [0.05, 0.1) is 5.56 Å². The van der Waals surface area contributed by atoms with Gasteiger partial charge in [0.15, 0.2) is 17.3 Å². The maximum Gasteiger partial charge on any atom is 0.189 e. The van der Waals surface area contributed by atoms with Crippen LogP contribution in [-0.2, 0) is 0 Å². The second-order valence-corrected chi connectivity index (χ2v) is 5.57. The molecule has 4 nitrogen and oxygen atoms in total. The van der Waals surface area contributed by atoms with E-state index in [4.69, 9.17) is 4.52 Å². The molecular formula is C15H19NO3. The second-order valence-electron chi connectivity index (χ2n) is 5.57. The molecule has 2 atom stereocenters. The van der Waals surface area contributed by atoms with Crippen molar-refractivity contribution in [3.63, 3.8) is 0 Å². The number of aromatic nitrogens is 1. The fourth-order valence-electron chi connectivity index (χ4n) is 2.44. The van der Waals surface area contributed by atoms with E-state index in [2.05, 4.69) is 5.16 Å².